The van der Waals surface area contributed by atoms with Gasteiger partial charge in [-0.1, -0.05) is 32.4 Å². The minimum Gasteiger partial charge on any atom is -0.361 e. The molecule has 2 aliphatic rings. The molecule has 0 bridgehead atoms. The topological polar surface area (TPSA) is 15.3 Å². The molecular weight excluding hydrogens is 184 g/mol. The molecule has 15 heavy (non-hydrogen) atoms. The van der Waals surface area contributed by atoms with Crippen LogP contribution in [0.5, 0.6) is 0 Å². The van der Waals surface area contributed by atoms with Crippen LogP contribution in [-0.4, -0.2) is 16.5 Å². The highest BCUT2D eigenvalue weighted by atomic mass is 15.4. The summed E-state index contributed by atoms with van der Waals surface area (Å²) in [6.07, 6.45) is 6.42. The van der Waals surface area contributed by atoms with Crippen molar-refractivity contribution in [3.8, 4) is 0 Å². The average molecular weight is 206 g/mol. The molecule has 2 rings (SSSR count). The number of rotatable bonds is 1. The Balaban J connectivity index is 2.23. The molecule has 0 unspecified atom stereocenters. The van der Waals surface area contributed by atoms with Crippen molar-refractivity contribution in [1.29, 1.82) is 0 Å². The fourth-order valence-electron chi connectivity index (χ4n) is 2.99. The van der Waals surface area contributed by atoms with E-state index < -0.39 is 0 Å². The molecule has 0 aromatic heterocycles. The van der Waals surface area contributed by atoms with Crippen LogP contribution in [0.25, 0.3) is 0 Å². The van der Waals surface area contributed by atoms with Gasteiger partial charge in [0, 0.05) is 11.7 Å². The quantitative estimate of drug-likeness (QED) is 0.709. The normalized spacial score (nSPS) is 25.1. The summed E-state index contributed by atoms with van der Waals surface area (Å²) in [7, 11) is 0. The zero-order chi connectivity index (χ0) is 11.1. The Labute approximate surface area is 93.0 Å². The van der Waals surface area contributed by atoms with Gasteiger partial charge < -0.3 is 10.2 Å². The lowest BCUT2D eigenvalue weighted by Crippen LogP contribution is -2.42. The molecular formula is C13H22N2. The third kappa shape index (κ3) is 1.56. The van der Waals surface area contributed by atoms with E-state index in [1.165, 1.54) is 37.8 Å². The number of nitrogens with zero attached hydrogens (tertiary/aromatic N) is 1. The molecule has 2 fully saturated rings. The lowest BCUT2D eigenvalue weighted by atomic mass is 9.80. The smallest absolute Gasteiger partial charge is 0.0991 e. The molecule has 1 saturated heterocycles. The average Bonchev–Trinajstić information content (AvgIpc) is 2.40. The molecule has 0 radical (unpaired) electrons. The fourth-order valence-corrected chi connectivity index (χ4v) is 2.99. The largest absolute Gasteiger partial charge is 0.361 e. The molecule has 1 heterocycles. The van der Waals surface area contributed by atoms with Gasteiger partial charge in [0.25, 0.3) is 0 Å². The van der Waals surface area contributed by atoms with Crippen LogP contribution >= 0.6 is 0 Å². The maximum absolute atomic E-state index is 4.29. The van der Waals surface area contributed by atoms with E-state index in [2.05, 4.69) is 37.2 Å². The molecule has 0 aromatic rings. The Bertz CT molecular complexity index is 285. The van der Waals surface area contributed by atoms with Crippen molar-refractivity contribution in [3.05, 3.63) is 24.7 Å². The predicted octanol–water partition coefficient (Wildman–Crippen LogP) is 2.99. The highest BCUT2D eigenvalue weighted by Crippen LogP contribution is 2.41. The van der Waals surface area contributed by atoms with Crippen molar-refractivity contribution in [2.24, 2.45) is 0 Å². The Kier molecular flexibility index (Phi) is 2.53. The van der Waals surface area contributed by atoms with Crippen LogP contribution in [0.3, 0.4) is 0 Å². The van der Waals surface area contributed by atoms with Gasteiger partial charge in [0.15, 0.2) is 0 Å². The second-order valence-corrected chi connectivity index (χ2v) is 5.12. The molecule has 0 aromatic carbocycles. The molecule has 2 nitrogen and oxygen atoms in total. The second-order valence-electron chi connectivity index (χ2n) is 5.12. The van der Waals surface area contributed by atoms with Crippen LogP contribution in [0.4, 0.5) is 0 Å². The minimum absolute atomic E-state index is 0.138. The Morgan fingerprint density at radius 1 is 1.20 bits per heavy atom. The van der Waals surface area contributed by atoms with E-state index in [1.807, 2.05) is 0 Å². The molecule has 0 atom stereocenters. The van der Waals surface area contributed by atoms with Crippen molar-refractivity contribution in [3.63, 3.8) is 0 Å². The van der Waals surface area contributed by atoms with E-state index in [0.717, 1.165) is 5.82 Å². The van der Waals surface area contributed by atoms with E-state index in [9.17, 15) is 0 Å². The summed E-state index contributed by atoms with van der Waals surface area (Å²) in [6, 6.07) is 0.457. The van der Waals surface area contributed by atoms with Crippen molar-refractivity contribution in [1.82, 2.24) is 10.2 Å². The maximum atomic E-state index is 4.29. The van der Waals surface area contributed by atoms with Gasteiger partial charge in [-0.25, -0.2) is 0 Å². The summed E-state index contributed by atoms with van der Waals surface area (Å²) in [5.74, 6) is 1.04. The number of nitrogens with one attached hydrogen (secondary N) is 1. The Morgan fingerprint density at radius 3 is 2.27 bits per heavy atom. The molecule has 84 valence electrons. The Hall–Kier alpha value is -0.920. The summed E-state index contributed by atoms with van der Waals surface area (Å²) < 4.78 is 0. The second kappa shape index (κ2) is 3.58. The first-order valence-electron chi connectivity index (χ1n) is 6.02. The molecule has 1 aliphatic carbocycles. The third-order valence-electron chi connectivity index (χ3n) is 3.74. The zero-order valence-corrected chi connectivity index (χ0v) is 9.97. The van der Waals surface area contributed by atoms with Crippen molar-refractivity contribution < 1.29 is 0 Å². The first-order chi connectivity index (χ1) is 7.07. The van der Waals surface area contributed by atoms with Gasteiger partial charge in [-0.2, -0.15) is 0 Å². The highest BCUT2D eigenvalue weighted by molar-refractivity contribution is 5.30. The van der Waals surface area contributed by atoms with Crippen molar-refractivity contribution in [2.45, 2.75) is 57.5 Å². The molecule has 1 spiro atoms. The zero-order valence-electron chi connectivity index (χ0n) is 9.97. The van der Waals surface area contributed by atoms with Crippen molar-refractivity contribution in [2.75, 3.05) is 0 Å². The SMILES string of the molecule is C=C1NC2(CCCCC2)C(=C)N1C(C)C. The van der Waals surface area contributed by atoms with Gasteiger partial charge in [0.2, 0.25) is 0 Å². The molecule has 1 saturated carbocycles. The first-order valence-corrected chi connectivity index (χ1v) is 6.02. The van der Waals surface area contributed by atoms with Gasteiger partial charge in [0.1, 0.15) is 0 Å². The van der Waals surface area contributed by atoms with Crippen LogP contribution in [0, 0.1) is 0 Å². The minimum atomic E-state index is 0.138. The summed E-state index contributed by atoms with van der Waals surface area (Å²) >= 11 is 0. The van der Waals surface area contributed by atoms with Crippen LogP contribution in [0.1, 0.15) is 46.0 Å². The highest BCUT2D eigenvalue weighted by Gasteiger charge is 2.44. The van der Waals surface area contributed by atoms with Gasteiger partial charge in [-0.15, -0.1) is 0 Å². The maximum Gasteiger partial charge on any atom is 0.0991 e. The van der Waals surface area contributed by atoms with Gasteiger partial charge >= 0.3 is 0 Å². The Morgan fingerprint density at radius 2 is 1.80 bits per heavy atom. The predicted molar refractivity (Wildman–Crippen MR) is 64.2 cm³/mol. The standard InChI is InChI=1S/C13H22N2/c1-10(2)15-11(3)13(14-12(15)4)8-6-5-7-9-13/h10,14H,3-9H2,1-2H3. The van der Waals surface area contributed by atoms with E-state index >= 15 is 0 Å². The monoisotopic (exact) mass is 206 g/mol. The molecule has 1 aliphatic heterocycles. The van der Waals surface area contributed by atoms with E-state index in [1.54, 1.807) is 0 Å². The van der Waals surface area contributed by atoms with Crippen LogP contribution < -0.4 is 5.32 Å². The van der Waals surface area contributed by atoms with Crippen LogP contribution in [0.2, 0.25) is 0 Å². The van der Waals surface area contributed by atoms with Crippen LogP contribution in [0.15, 0.2) is 24.7 Å². The van der Waals surface area contributed by atoms with Crippen LogP contribution in [-0.2, 0) is 0 Å². The summed E-state index contributed by atoms with van der Waals surface area (Å²) in [4.78, 5) is 2.26. The number of hydrogen-bond donors (Lipinski definition) is 1. The summed E-state index contributed by atoms with van der Waals surface area (Å²) in [6.45, 7) is 12.8. The van der Waals surface area contributed by atoms with E-state index in [0.29, 0.717) is 6.04 Å². The molecule has 0 amide bonds. The molecule has 1 N–H and O–H groups in total. The lowest BCUT2D eigenvalue weighted by Gasteiger charge is -2.35. The van der Waals surface area contributed by atoms with E-state index in [4.69, 9.17) is 0 Å². The van der Waals surface area contributed by atoms with Gasteiger partial charge in [-0.3, -0.25) is 0 Å². The number of hydrogen-bond acceptors (Lipinski definition) is 2. The molecule has 2 heteroatoms. The summed E-state index contributed by atoms with van der Waals surface area (Å²) in [5, 5.41) is 3.58. The third-order valence-corrected chi connectivity index (χ3v) is 3.74. The summed E-state index contributed by atoms with van der Waals surface area (Å²) in [5.41, 5.74) is 1.38. The first kappa shape index (κ1) is 10.6. The van der Waals surface area contributed by atoms with E-state index in [-0.39, 0.29) is 5.54 Å². The van der Waals surface area contributed by atoms with Gasteiger partial charge in [0.05, 0.1) is 11.4 Å². The van der Waals surface area contributed by atoms with Gasteiger partial charge in [-0.05, 0) is 26.7 Å². The lowest BCUT2D eigenvalue weighted by molar-refractivity contribution is 0.295. The van der Waals surface area contributed by atoms with Crippen molar-refractivity contribution >= 4 is 0 Å². The fraction of sp³-hybridized carbons (Fsp3) is 0.692.